The molecule has 0 saturated carbocycles. The molecule has 2 heterocycles. The summed E-state index contributed by atoms with van der Waals surface area (Å²) in [6.45, 7) is 2.30. The predicted molar refractivity (Wildman–Crippen MR) is 103 cm³/mol. The second-order valence-electron chi connectivity index (χ2n) is 6.82. The van der Waals surface area contributed by atoms with E-state index in [4.69, 9.17) is 4.98 Å². The molecule has 4 rings (SSSR count). The molecule has 24 heavy (non-hydrogen) atoms. The van der Waals surface area contributed by atoms with Crippen LogP contribution in [0, 0.1) is 0 Å². The quantitative estimate of drug-likeness (QED) is 0.717. The average Bonchev–Trinajstić information content (AvgIpc) is 2.79. The first-order chi connectivity index (χ1) is 11.8. The van der Waals surface area contributed by atoms with Crippen LogP contribution in [0.3, 0.4) is 0 Å². The largest absolute Gasteiger partial charge is 0.306 e. The molecule has 1 saturated heterocycles. The van der Waals surface area contributed by atoms with Crippen molar-refractivity contribution in [1.29, 1.82) is 0 Å². The van der Waals surface area contributed by atoms with Crippen molar-refractivity contribution in [2.45, 2.75) is 30.6 Å². The highest BCUT2D eigenvalue weighted by Gasteiger charge is 2.24. The Hall–Kier alpha value is -1.58. The summed E-state index contributed by atoms with van der Waals surface area (Å²) in [7, 11) is 2.22. The van der Waals surface area contributed by atoms with Crippen molar-refractivity contribution in [1.82, 2.24) is 9.88 Å². The zero-order valence-corrected chi connectivity index (χ0v) is 15.3. The van der Waals surface area contributed by atoms with Crippen LogP contribution in [0.25, 0.3) is 5.57 Å². The van der Waals surface area contributed by atoms with Gasteiger partial charge in [0.15, 0.2) is 0 Å². The van der Waals surface area contributed by atoms with Gasteiger partial charge in [-0.15, -0.1) is 11.8 Å². The number of likely N-dealkylation sites (tertiary alicyclic amines) is 1. The third kappa shape index (κ3) is 2.91. The van der Waals surface area contributed by atoms with Gasteiger partial charge in [0.2, 0.25) is 0 Å². The number of pyridine rings is 1. The lowest BCUT2D eigenvalue weighted by molar-refractivity contribution is 0.313. The number of piperidine rings is 1. The smallest absolute Gasteiger partial charge is 0.0739 e. The van der Waals surface area contributed by atoms with Gasteiger partial charge in [-0.05, 0) is 73.9 Å². The summed E-state index contributed by atoms with van der Waals surface area (Å²) in [5, 5.41) is 0. The Kier molecular flexibility index (Phi) is 4.47. The number of benzene rings is 1. The molecule has 124 valence electrons. The molecule has 0 atom stereocenters. The van der Waals surface area contributed by atoms with E-state index in [2.05, 4.69) is 48.5 Å². The van der Waals surface area contributed by atoms with E-state index in [1.165, 1.54) is 32.9 Å². The van der Waals surface area contributed by atoms with Crippen molar-refractivity contribution in [3.8, 4) is 0 Å². The highest BCUT2D eigenvalue weighted by atomic mass is 32.2. The molecule has 1 aliphatic heterocycles. The number of nitrogens with zero attached hydrogens (tertiary/aromatic N) is 2. The van der Waals surface area contributed by atoms with E-state index in [-0.39, 0.29) is 0 Å². The van der Waals surface area contributed by atoms with Crippen LogP contribution in [-0.4, -0.2) is 36.3 Å². The summed E-state index contributed by atoms with van der Waals surface area (Å²) in [5.41, 5.74) is 8.56. The van der Waals surface area contributed by atoms with Crippen molar-refractivity contribution < 1.29 is 0 Å². The van der Waals surface area contributed by atoms with Crippen LogP contribution in [0.1, 0.15) is 35.2 Å². The average molecular weight is 337 g/mol. The molecule has 0 spiro atoms. The van der Waals surface area contributed by atoms with E-state index in [0.29, 0.717) is 0 Å². The zero-order chi connectivity index (χ0) is 16.5. The standard InChI is InChI=1S/C21H24N2S/c1-23-12-9-15(10-13-23)20-19-8-7-18(24-2)14-17(19)6-5-16-4-3-11-22-21(16)20/h3-4,7-8,11,14H,5-6,9-10,12-13H2,1-2H3. The molecule has 0 unspecified atom stereocenters. The Bertz CT molecular complexity index is 784. The molecule has 2 aliphatic rings. The summed E-state index contributed by atoms with van der Waals surface area (Å²) in [5.74, 6) is 0. The second kappa shape index (κ2) is 6.73. The third-order valence-corrected chi connectivity index (χ3v) is 6.04. The Balaban J connectivity index is 1.91. The fraction of sp³-hybridized carbons (Fsp3) is 0.381. The number of aromatic nitrogens is 1. The third-order valence-electron chi connectivity index (χ3n) is 5.32. The minimum atomic E-state index is 1.09. The summed E-state index contributed by atoms with van der Waals surface area (Å²) >= 11 is 1.83. The number of aryl methyl sites for hydroxylation is 2. The number of thioether (sulfide) groups is 1. The van der Waals surface area contributed by atoms with Crippen LogP contribution in [0.15, 0.2) is 47.0 Å². The van der Waals surface area contributed by atoms with Gasteiger partial charge < -0.3 is 4.90 Å². The van der Waals surface area contributed by atoms with E-state index in [1.54, 1.807) is 5.57 Å². The van der Waals surface area contributed by atoms with Gasteiger partial charge in [0.1, 0.15) is 0 Å². The number of hydrogen-bond acceptors (Lipinski definition) is 3. The van der Waals surface area contributed by atoms with Crippen LogP contribution in [0.2, 0.25) is 0 Å². The fourth-order valence-corrected chi connectivity index (χ4v) is 4.37. The van der Waals surface area contributed by atoms with E-state index in [9.17, 15) is 0 Å². The molecular weight excluding hydrogens is 312 g/mol. The van der Waals surface area contributed by atoms with E-state index in [0.717, 1.165) is 38.8 Å². The molecule has 1 aromatic heterocycles. The normalized spacial score (nSPS) is 18.1. The highest BCUT2D eigenvalue weighted by Crippen LogP contribution is 2.38. The van der Waals surface area contributed by atoms with Gasteiger partial charge in [0, 0.05) is 29.8 Å². The first-order valence-electron chi connectivity index (χ1n) is 8.78. The second-order valence-corrected chi connectivity index (χ2v) is 7.70. The van der Waals surface area contributed by atoms with Crippen molar-refractivity contribution in [2.75, 3.05) is 26.4 Å². The minimum Gasteiger partial charge on any atom is -0.306 e. The van der Waals surface area contributed by atoms with Gasteiger partial charge in [-0.25, -0.2) is 0 Å². The summed E-state index contributed by atoms with van der Waals surface area (Å²) in [6.07, 6.45) is 8.63. The Morgan fingerprint density at radius 2 is 1.79 bits per heavy atom. The van der Waals surface area contributed by atoms with E-state index < -0.39 is 0 Å². The van der Waals surface area contributed by atoms with E-state index in [1.807, 2.05) is 18.0 Å². The molecule has 1 aromatic carbocycles. The molecule has 0 amide bonds. The molecule has 0 bridgehead atoms. The zero-order valence-electron chi connectivity index (χ0n) is 14.5. The maximum Gasteiger partial charge on any atom is 0.0739 e. The van der Waals surface area contributed by atoms with Crippen molar-refractivity contribution in [2.24, 2.45) is 0 Å². The van der Waals surface area contributed by atoms with Crippen LogP contribution in [0.5, 0.6) is 0 Å². The first kappa shape index (κ1) is 15.9. The number of fused-ring (bicyclic) bond motifs is 2. The monoisotopic (exact) mass is 336 g/mol. The van der Waals surface area contributed by atoms with Gasteiger partial charge in [-0.3, -0.25) is 4.98 Å². The summed E-state index contributed by atoms with van der Waals surface area (Å²) in [6, 6.07) is 11.3. The molecule has 1 aliphatic carbocycles. The topological polar surface area (TPSA) is 16.1 Å². The van der Waals surface area contributed by atoms with Gasteiger partial charge in [0.25, 0.3) is 0 Å². The maximum atomic E-state index is 4.82. The van der Waals surface area contributed by atoms with Crippen molar-refractivity contribution in [3.05, 3.63) is 64.5 Å². The first-order valence-corrected chi connectivity index (χ1v) is 10.0. The lowest BCUT2D eigenvalue weighted by atomic mass is 9.89. The number of hydrogen-bond donors (Lipinski definition) is 0. The number of rotatable bonds is 1. The van der Waals surface area contributed by atoms with Gasteiger partial charge >= 0.3 is 0 Å². The lowest BCUT2D eigenvalue weighted by Gasteiger charge is -2.27. The van der Waals surface area contributed by atoms with Crippen LogP contribution in [0.4, 0.5) is 0 Å². The predicted octanol–water partition coefficient (Wildman–Crippen LogP) is 4.43. The van der Waals surface area contributed by atoms with Crippen LogP contribution >= 0.6 is 11.8 Å². The molecule has 3 heteroatoms. The van der Waals surface area contributed by atoms with Gasteiger partial charge in [-0.2, -0.15) is 0 Å². The molecule has 1 fully saturated rings. The molecular formula is C21H24N2S. The Morgan fingerprint density at radius 3 is 2.58 bits per heavy atom. The van der Waals surface area contributed by atoms with Gasteiger partial charge in [-0.1, -0.05) is 17.7 Å². The Morgan fingerprint density at radius 1 is 1.00 bits per heavy atom. The summed E-state index contributed by atoms with van der Waals surface area (Å²) < 4.78 is 0. The highest BCUT2D eigenvalue weighted by molar-refractivity contribution is 7.98. The maximum absolute atomic E-state index is 4.82. The molecule has 0 N–H and O–H groups in total. The summed E-state index contributed by atoms with van der Waals surface area (Å²) in [4.78, 5) is 8.61. The van der Waals surface area contributed by atoms with Crippen LogP contribution < -0.4 is 0 Å². The molecule has 0 radical (unpaired) electrons. The molecule has 2 aromatic rings. The minimum absolute atomic E-state index is 1.09. The van der Waals surface area contributed by atoms with Crippen LogP contribution in [-0.2, 0) is 12.8 Å². The lowest BCUT2D eigenvalue weighted by Crippen LogP contribution is -2.27. The van der Waals surface area contributed by atoms with Crippen molar-refractivity contribution in [3.63, 3.8) is 0 Å². The van der Waals surface area contributed by atoms with Gasteiger partial charge in [0.05, 0.1) is 5.69 Å². The SMILES string of the molecule is CSc1ccc2c(c1)CCc1cccnc1C2=C1CCN(C)CC1. The fourth-order valence-electron chi connectivity index (χ4n) is 3.91. The molecule has 2 nitrogen and oxygen atoms in total. The van der Waals surface area contributed by atoms with E-state index >= 15 is 0 Å². The van der Waals surface area contributed by atoms with Crippen molar-refractivity contribution >= 4 is 17.3 Å². The Labute approximate surface area is 149 Å².